The molecule has 1 fully saturated rings. The summed E-state index contributed by atoms with van der Waals surface area (Å²) in [5.41, 5.74) is 2.21. The van der Waals surface area contributed by atoms with E-state index in [2.05, 4.69) is 46.6 Å². The maximum Gasteiger partial charge on any atom is 0.106 e. The molecule has 2 rings (SSSR count). The zero-order valence-electron chi connectivity index (χ0n) is 11.3. The molecule has 4 heteroatoms. The molecule has 0 radical (unpaired) electrons. The van der Waals surface area contributed by atoms with Gasteiger partial charge in [-0.15, -0.1) is 0 Å². The van der Waals surface area contributed by atoms with Crippen molar-refractivity contribution in [1.82, 2.24) is 5.32 Å². The smallest absolute Gasteiger partial charge is 0.106 e. The van der Waals surface area contributed by atoms with Gasteiger partial charge < -0.3 is 15.1 Å². The standard InChI is InChI=1S/C14H21N3O/c1-14(15-2)11-17(10-9-13(14)16-18-3)12-7-5-4-6-8-12/h4-8,15H,9-11H2,1-3H3. The van der Waals surface area contributed by atoms with Crippen LogP contribution < -0.4 is 10.2 Å². The third kappa shape index (κ3) is 2.48. The molecule has 0 bridgehead atoms. The number of hydrogen-bond acceptors (Lipinski definition) is 4. The van der Waals surface area contributed by atoms with Gasteiger partial charge in [-0.05, 0) is 26.1 Å². The van der Waals surface area contributed by atoms with Crippen molar-refractivity contribution in [2.24, 2.45) is 5.16 Å². The van der Waals surface area contributed by atoms with E-state index in [1.807, 2.05) is 13.1 Å². The van der Waals surface area contributed by atoms with Crippen LogP contribution in [0.5, 0.6) is 0 Å². The lowest BCUT2D eigenvalue weighted by molar-refractivity contribution is 0.207. The molecule has 1 N–H and O–H groups in total. The van der Waals surface area contributed by atoms with Crippen molar-refractivity contribution in [3.8, 4) is 0 Å². The molecule has 1 unspecified atom stereocenters. The number of anilines is 1. The summed E-state index contributed by atoms with van der Waals surface area (Å²) in [5, 5.41) is 7.53. The Balaban J connectivity index is 2.19. The summed E-state index contributed by atoms with van der Waals surface area (Å²) in [4.78, 5) is 7.33. The molecule has 1 atom stereocenters. The summed E-state index contributed by atoms with van der Waals surface area (Å²) in [6.45, 7) is 4.04. The molecule has 4 nitrogen and oxygen atoms in total. The van der Waals surface area contributed by atoms with E-state index in [1.54, 1.807) is 7.11 Å². The predicted molar refractivity (Wildman–Crippen MR) is 75.2 cm³/mol. The molecule has 98 valence electrons. The van der Waals surface area contributed by atoms with Crippen molar-refractivity contribution >= 4 is 11.4 Å². The number of nitrogens with one attached hydrogen (secondary N) is 1. The van der Waals surface area contributed by atoms with Crippen LogP contribution in [0.1, 0.15) is 13.3 Å². The quantitative estimate of drug-likeness (QED) is 0.829. The lowest BCUT2D eigenvalue weighted by Crippen LogP contribution is -2.60. The Morgan fingerprint density at radius 2 is 2.06 bits per heavy atom. The predicted octanol–water partition coefficient (Wildman–Crippen LogP) is 1.88. The van der Waals surface area contributed by atoms with E-state index in [0.29, 0.717) is 0 Å². The van der Waals surface area contributed by atoms with E-state index >= 15 is 0 Å². The molecule has 1 aliphatic heterocycles. The molecule has 1 aromatic carbocycles. The maximum absolute atomic E-state index is 4.95. The van der Waals surface area contributed by atoms with Crippen LogP contribution in [-0.4, -0.2) is 38.5 Å². The normalized spacial score (nSPS) is 26.4. The minimum absolute atomic E-state index is 0.135. The van der Waals surface area contributed by atoms with Gasteiger partial charge >= 0.3 is 0 Å². The van der Waals surface area contributed by atoms with Gasteiger partial charge in [0.15, 0.2) is 0 Å². The SMILES string of the molecule is CNC1(C)CN(c2ccccc2)CCC1=NOC. The molecular formula is C14H21N3O. The monoisotopic (exact) mass is 247 g/mol. The van der Waals surface area contributed by atoms with Crippen molar-refractivity contribution in [1.29, 1.82) is 0 Å². The average molecular weight is 247 g/mol. The molecule has 18 heavy (non-hydrogen) atoms. The van der Waals surface area contributed by atoms with Crippen LogP contribution in [0.3, 0.4) is 0 Å². The minimum atomic E-state index is -0.135. The average Bonchev–Trinajstić information content (AvgIpc) is 2.42. The number of oxime groups is 1. The third-order valence-corrected chi connectivity index (χ3v) is 3.64. The Hall–Kier alpha value is -1.55. The zero-order chi connectivity index (χ0) is 13.0. The Labute approximate surface area is 109 Å². The third-order valence-electron chi connectivity index (χ3n) is 3.64. The molecular weight excluding hydrogens is 226 g/mol. The summed E-state index contributed by atoms with van der Waals surface area (Å²) in [6, 6.07) is 10.5. The molecule has 1 saturated heterocycles. The van der Waals surface area contributed by atoms with Crippen molar-refractivity contribution in [3.05, 3.63) is 30.3 Å². The van der Waals surface area contributed by atoms with E-state index in [0.717, 1.165) is 25.2 Å². The molecule has 1 aliphatic rings. The Bertz CT molecular complexity index is 418. The highest BCUT2D eigenvalue weighted by Crippen LogP contribution is 2.24. The van der Waals surface area contributed by atoms with Crippen molar-refractivity contribution in [2.75, 3.05) is 32.1 Å². The van der Waals surface area contributed by atoms with Gasteiger partial charge in [-0.3, -0.25) is 0 Å². The number of rotatable bonds is 3. The van der Waals surface area contributed by atoms with Crippen LogP contribution in [0.4, 0.5) is 5.69 Å². The first-order valence-electron chi connectivity index (χ1n) is 6.29. The van der Waals surface area contributed by atoms with Crippen molar-refractivity contribution in [2.45, 2.75) is 18.9 Å². The van der Waals surface area contributed by atoms with Crippen LogP contribution in [0.2, 0.25) is 0 Å². The lowest BCUT2D eigenvalue weighted by Gasteiger charge is -2.42. The highest BCUT2D eigenvalue weighted by molar-refractivity contribution is 5.95. The minimum Gasteiger partial charge on any atom is -0.399 e. The van der Waals surface area contributed by atoms with Gasteiger partial charge in [0.2, 0.25) is 0 Å². The molecule has 0 amide bonds. The largest absolute Gasteiger partial charge is 0.399 e. The van der Waals surface area contributed by atoms with Crippen LogP contribution in [0, 0.1) is 0 Å². The Kier molecular flexibility index (Phi) is 3.87. The second-order valence-electron chi connectivity index (χ2n) is 4.81. The fourth-order valence-electron chi connectivity index (χ4n) is 2.41. The number of benzene rings is 1. The molecule has 0 spiro atoms. The maximum atomic E-state index is 4.95. The number of hydrogen-bond donors (Lipinski definition) is 1. The highest BCUT2D eigenvalue weighted by atomic mass is 16.6. The van der Waals surface area contributed by atoms with E-state index in [1.165, 1.54) is 5.69 Å². The van der Waals surface area contributed by atoms with Gasteiger partial charge in [-0.2, -0.15) is 0 Å². The molecule has 0 aliphatic carbocycles. The van der Waals surface area contributed by atoms with Crippen molar-refractivity contribution in [3.63, 3.8) is 0 Å². The van der Waals surface area contributed by atoms with Gasteiger partial charge in [-0.25, -0.2) is 0 Å². The van der Waals surface area contributed by atoms with Crippen molar-refractivity contribution < 1.29 is 4.84 Å². The fourth-order valence-corrected chi connectivity index (χ4v) is 2.41. The second-order valence-corrected chi connectivity index (χ2v) is 4.81. The summed E-state index contributed by atoms with van der Waals surface area (Å²) in [7, 11) is 3.58. The molecule has 0 aromatic heterocycles. The molecule has 0 saturated carbocycles. The van der Waals surface area contributed by atoms with Gasteiger partial charge in [-0.1, -0.05) is 23.4 Å². The molecule has 1 aromatic rings. The van der Waals surface area contributed by atoms with Gasteiger partial charge in [0.25, 0.3) is 0 Å². The van der Waals surface area contributed by atoms with Gasteiger partial charge in [0.1, 0.15) is 7.11 Å². The van der Waals surface area contributed by atoms with E-state index in [4.69, 9.17) is 4.84 Å². The summed E-state index contributed by atoms with van der Waals surface area (Å²) < 4.78 is 0. The Morgan fingerprint density at radius 3 is 2.67 bits per heavy atom. The van der Waals surface area contributed by atoms with E-state index in [-0.39, 0.29) is 5.54 Å². The topological polar surface area (TPSA) is 36.9 Å². The second kappa shape index (κ2) is 5.40. The number of para-hydroxylation sites is 1. The zero-order valence-corrected chi connectivity index (χ0v) is 11.3. The molecule has 1 heterocycles. The first kappa shape index (κ1) is 12.9. The first-order chi connectivity index (χ1) is 8.69. The summed E-state index contributed by atoms with van der Waals surface area (Å²) >= 11 is 0. The van der Waals surface area contributed by atoms with Crippen LogP contribution >= 0.6 is 0 Å². The lowest BCUT2D eigenvalue weighted by atomic mass is 9.88. The number of nitrogens with zero attached hydrogens (tertiary/aromatic N) is 2. The number of likely N-dealkylation sites (N-methyl/N-ethyl adjacent to an activating group) is 1. The summed E-state index contributed by atoms with van der Waals surface area (Å²) in [6.07, 6.45) is 0.917. The van der Waals surface area contributed by atoms with Crippen LogP contribution in [-0.2, 0) is 4.84 Å². The first-order valence-corrected chi connectivity index (χ1v) is 6.29. The number of piperidine rings is 1. The van der Waals surface area contributed by atoms with E-state index < -0.39 is 0 Å². The summed E-state index contributed by atoms with van der Waals surface area (Å²) in [5.74, 6) is 0. The van der Waals surface area contributed by atoms with Gasteiger partial charge in [0.05, 0.1) is 11.3 Å². The van der Waals surface area contributed by atoms with Crippen LogP contribution in [0.25, 0.3) is 0 Å². The fraction of sp³-hybridized carbons (Fsp3) is 0.500. The Morgan fingerprint density at radius 1 is 1.33 bits per heavy atom. The van der Waals surface area contributed by atoms with E-state index in [9.17, 15) is 0 Å². The van der Waals surface area contributed by atoms with Crippen LogP contribution in [0.15, 0.2) is 35.5 Å². The van der Waals surface area contributed by atoms with Gasteiger partial charge in [0, 0.05) is 25.2 Å². The highest BCUT2D eigenvalue weighted by Gasteiger charge is 2.36.